The van der Waals surface area contributed by atoms with E-state index in [1.165, 1.54) is 17.4 Å². The van der Waals surface area contributed by atoms with Crippen molar-refractivity contribution in [2.24, 2.45) is 0 Å². The summed E-state index contributed by atoms with van der Waals surface area (Å²) in [7, 11) is 4.22. The third-order valence-electron chi connectivity index (χ3n) is 4.99. The molecule has 0 aliphatic carbocycles. The van der Waals surface area contributed by atoms with Gasteiger partial charge >= 0.3 is 0 Å². The van der Waals surface area contributed by atoms with Gasteiger partial charge in [-0.2, -0.15) is 0 Å². The van der Waals surface area contributed by atoms with Crippen molar-refractivity contribution in [3.63, 3.8) is 0 Å². The van der Waals surface area contributed by atoms with Gasteiger partial charge in [-0.25, -0.2) is 0 Å². The Hall–Kier alpha value is -2.92. The van der Waals surface area contributed by atoms with Gasteiger partial charge in [0.25, 0.3) is 0 Å². The van der Waals surface area contributed by atoms with Gasteiger partial charge in [0.2, 0.25) is 11.8 Å². The fourth-order valence-electron chi connectivity index (χ4n) is 3.64. The number of carbonyl (C=O) groups is 2. The van der Waals surface area contributed by atoms with Crippen molar-refractivity contribution in [3.05, 3.63) is 77.0 Å². The van der Waals surface area contributed by atoms with Crippen molar-refractivity contribution in [1.29, 1.82) is 0 Å². The molecular weight excluding hydrogens is 350 g/mol. The van der Waals surface area contributed by atoms with Crippen LogP contribution in [-0.2, 0) is 22.7 Å². The summed E-state index contributed by atoms with van der Waals surface area (Å²) in [5.41, 5.74) is 4.42. The van der Waals surface area contributed by atoms with Crippen LogP contribution in [-0.4, -0.2) is 30.8 Å². The molecule has 1 aliphatic heterocycles. The minimum atomic E-state index is -0.278. The fraction of sp³-hybridized carbons (Fsp3) is 0.304. The second-order valence-electron chi connectivity index (χ2n) is 7.52. The van der Waals surface area contributed by atoms with Crippen molar-refractivity contribution < 1.29 is 14.5 Å². The monoisotopic (exact) mass is 378 g/mol. The summed E-state index contributed by atoms with van der Waals surface area (Å²) in [5.74, 6) is -0.129. The molecule has 0 saturated carbocycles. The highest BCUT2D eigenvalue weighted by molar-refractivity contribution is 5.81. The number of fused-ring (bicyclic) bond motifs is 1. The van der Waals surface area contributed by atoms with Crippen LogP contribution < -0.4 is 10.2 Å². The quantitative estimate of drug-likeness (QED) is 0.807. The summed E-state index contributed by atoms with van der Waals surface area (Å²) in [6.45, 7) is 2.93. The Morgan fingerprint density at radius 3 is 2.43 bits per heavy atom. The zero-order valence-electron chi connectivity index (χ0n) is 16.7. The zero-order chi connectivity index (χ0) is 20.1. The van der Waals surface area contributed by atoms with E-state index in [1.807, 2.05) is 42.5 Å². The summed E-state index contributed by atoms with van der Waals surface area (Å²) >= 11 is 0. The lowest BCUT2D eigenvalue weighted by atomic mass is 9.93. The predicted molar refractivity (Wildman–Crippen MR) is 110 cm³/mol. The second-order valence-corrected chi connectivity index (χ2v) is 7.52. The molecule has 1 heterocycles. The molecule has 0 spiro atoms. The molecule has 2 amide bonds. The maximum Gasteiger partial charge on any atom is 0.223 e. The molecule has 0 aromatic heterocycles. The second kappa shape index (κ2) is 8.85. The highest BCUT2D eigenvalue weighted by Gasteiger charge is 2.28. The minimum Gasteiger partial charge on any atom is -0.352 e. The van der Waals surface area contributed by atoms with Crippen LogP contribution in [0.25, 0.3) is 6.08 Å². The first-order valence-electron chi connectivity index (χ1n) is 9.64. The van der Waals surface area contributed by atoms with Crippen LogP contribution in [0.1, 0.15) is 41.6 Å². The molecule has 1 atom stereocenters. The molecule has 0 fully saturated rings. The van der Waals surface area contributed by atoms with Gasteiger partial charge in [0, 0.05) is 25.2 Å². The van der Waals surface area contributed by atoms with Gasteiger partial charge in [0.1, 0.15) is 6.54 Å². The number of nitrogens with zero attached hydrogens (tertiary/aromatic N) is 1. The molecule has 2 N–H and O–H groups in total. The van der Waals surface area contributed by atoms with E-state index in [0.717, 1.165) is 23.2 Å². The van der Waals surface area contributed by atoms with Crippen LogP contribution in [0.15, 0.2) is 54.7 Å². The third kappa shape index (κ3) is 4.67. The standard InChI is InChI=1S/C23H27N3O2/c1-17(27)26-13-12-18-8-6-7-11-21(18)22(26)14-23(28)24-15-19-9-4-5-10-20(19)16-25(2)3/h4-13,22H,14-16H2,1-3H3,(H,24,28)/p+1/t22-/m1/s1. The van der Waals surface area contributed by atoms with E-state index in [-0.39, 0.29) is 24.3 Å². The average Bonchev–Trinajstić information content (AvgIpc) is 2.67. The molecule has 0 saturated heterocycles. The highest BCUT2D eigenvalue weighted by Crippen LogP contribution is 2.32. The zero-order valence-corrected chi connectivity index (χ0v) is 16.7. The van der Waals surface area contributed by atoms with Crippen molar-refractivity contribution in [1.82, 2.24) is 10.2 Å². The van der Waals surface area contributed by atoms with Gasteiger partial charge in [-0.05, 0) is 22.8 Å². The Morgan fingerprint density at radius 2 is 1.71 bits per heavy atom. The minimum absolute atomic E-state index is 0.0617. The predicted octanol–water partition coefficient (Wildman–Crippen LogP) is 1.91. The largest absolute Gasteiger partial charge is 0.352 e. The van der Waals surface area contributed by atoms with Gasteiger partial charge in [-0.3, -0.25) is 9.59 Å². The first-order chi connectivity index (χ1) is 13.5. The SMILES string of the molecule is CC(=O)N1C=Cc2ccccc2[C@H]1CC(=O)NCc1ccccc1C[NH+](C)C. The third-order valence-corrected chi connectivity index (χ3v) is 4.99. The maximum atomic E-state index is 12.7. The number of rotatable bonds is 6. The number of hydrogen-bond acceptors (Lipinski definition) is 2. The molecule has 0 unspecified atom stereocenters. The molecule has 5 heteroatoms. The molecule has 1 aliphatic rings. The topological polar surface area (TPSA) is 53.9 Å². The van der Waals surface area contributed by atoms with Crippen molar-refractivity contribution >= 4 is 17.9 Å². The normalized spacial score (nSPS) is 15.4. The Labute approximate surface area is 166 Å². The van der Waals surface area contributed by atoms with Crippen LogP contribution in [0, 0.1) is 0 Å². The van der Waals surface area contributed by atoms with Gasteiger partial charge in [-0.15, -0.1) is 0 Å². The molecule has 28 heavy (non-hydrogen) atoms. The number of benzene rings is 2. The summed E-state index contributed by atoms with van der Waals surface area (Å²) in [4.78, 5) is 27.8. The molecule has 146 valence electrons. The number of hydrogen-bond donors (Lipinski definition) is 2. The first-order valence-corrected chi connectivity index (χ1v) is 9.64. The summed E-state index contributed by atoms with van der Waals surface area (Å²) in [6, 6.07) is 15.8. The Kier molecular flexibility index (Phi) is 6.26. The van der Waals surface area contributed by atoms with Crippen molar-refractivity contribution in [2.45, 2.75) is 32.5 Å². The lowest BCUT2D eigenvalue weighted by Gasteiger charge is -2.32. The number of nitrogens with one attached hydrogen (secondary N) is 2. The number of amides is 2. The van der Waals surface area contributed by atoms with Gasteiger partial charge in [-0.1, -0.05) is 48.5 Å². The smallest absolute Gasteiger partial charge is 0.223 e. The van der Waals surface area contributed by atoms with E-state index in [1.54, 1.807) is 11.1 Å². The average molecular weight is 378 g/mol. The Balaban J connectivity index is 1.70. The van der Waals surface area contributed by atoms with Crippen LogP contribution in [0.5, 0.6) is 0 Å². The summed E-state index contributed by atoms with van der Waals surface area (Å²) in [5, 5.41) is 3.04. The molecule has 0 bridgehead atoms. The van der Waals surface area contributed by atoms with Crippen LogP contribution in [0.2, 0.25) is 0 Å². The maximum absolute atomic E-state index is 12.7. The van der Waals surface area contributed by atoms with E-state index < -0.39 is 0 Å². The Bertz CT molecular complexity index is 889. The Morgan fingerprint density at radius 1 is 1.04 bits per heavy atom. The van der Waals surface area contributed by atoms with E-state index >= 15 is 0 Å². The molecule has 5 nitrogen and oxygen atoms in total. The van der Waals surface area contributed by atoms with Gasteiger partial charge in [0.15, 0.2) is 0 Å². The number of carbonyl (C=O) groups excluding carboxylic acids is 2. The lowest BCUT2D eigenvalue weighted by molar-refractivity contribution is -0.872. The molecule has 3 rings (SSSR count). The van der Waals surface area contributed by atoms with Crippen molar-refractivity contribution in [3.8, 4) is 0 Å². The molecule has 2 aromatic carbocycles. The van der Waals surface area contributed by atoms with E-state index in [9.17, 15) is 9.59 Å². The van der Waals surface area contributed by atoms with E-state index in [0.29, 0.717) is 6.54 Å². The van der Waals surface area contributed by atoms with Crippen LogP contribution in [0.4, 0.5) is 0 Å². The van der Waals surface area contributed by atoms with E-state index in [2.05, 4.69) is 31.5 Å². The highest BCUT2D eigenvalue weighted by atomic mass is 16.2. The van der Waals surface area contributed by atoms with Crippen LogP contribution in [0.3, 0.4) is 0 Å². The number of quaternary nitrogens is 1. The molecule has 0 radical (unpaired) electrons. The van der Waals surface area contributed by atoms with Gasteiger partial charge in [0.05, 0.1) is 26.6 Å². The lowest BCUT2D eigenvalue weighted by Crippen LogP contribution is -3.04. The molecular formula is C23H28N3O2+. The first kappa shape index (κ1) is 19.8. The molecule has 2 aromatic rings. The van der Waals surface area contributed by atoms with Gasteiger partial charge < -0.3 is 15.1 Å². The summed E-state index contributed by atoms with van der Waals surface area (Å²) in [6.07, 6.45) is 3.94. The van der Waals surface area contributed by atoms with E-state index in [4.69, 9.17) is 0 Å². The summed E-state index contributed by atoms with van der Waals surface area (Å²) < 4.78 is 0. The van der Waals surface area contributed by atoms with Crippen molar-refractivity contribution in [2.75, 3.05) is 14.1 Å². The fourth-order valence-corrected chi connectivity index (χ4v) is 3.64. The van der Waals surface area contributed by atoms with Crippen LogP contribution >= 0.6 is 0 Å².